The van der Waals surface area contributed by atoms with E-state index < -0.39 is 9.84 Å². The first-order valence-electron chi connectivity index (χ1n) is 12.1. The molecule has 0 aliphatic heterocycles. The van der Waals surface area contributed by atoms with Crippen molar-refractivity contribution < 1.29 is 22.6 Å². The minimum Gasteiger partial charge on any atom is -0.494 e. The first-order chi connectivity index (χ1) is 18.9. The van der Waals surface area contributed by atoms with E-state index in [4.69, 9.17) is 24.2 Å². The van der Waals surface area contributed by atoms with E-state index in [1.807, 2.05) is 13.0 Å². The number of methoxy groups -OCH3 is 2. The van der Waals surface area contributed by atoms with E-state index in [0.717, 1.165) is 0 Å². The largest absolute Gasteiger partial charge is 0.494 e. The summed E-state index contributed by atoms with van der Waals surface area (Å²) in [5.74, 6) is 1.35. The summed E-state index contributed by atoms with van der Waals surface area (Å²) >= 11 is 0. The number of benzene rings is 1. The van der Waals surface area contributed by atoms with E-state index >= 15 is 0 Å². The van der Waals surface area contributed by atoms with Crippen LogP contribution >= 0.6 is 0 Å². The molecule has 0 spiro atoms. The lowest BCUT2D eigenvalue weighted by atomic mass is 10.2. The summed E-state index contributed by atoms with van der Waals surface area (Å²) in [6.07, 6.45) is 4.55. The Morgan fingerprint density at radius 1 is 0.872 bits per heavy atom. The number of rotatable bonds is 10. The van der Waals surface area contributed by atoms with Gasteiger partial charge in [-0.25, -0.2) is 28.4 Å². The van der Waals surface area contributed by atoms with Crippen LogP contribution in [0.1, 0.15) is 18.2 Å². The van der Waals surface area contributed by atoms with Crippen molar-refractivity contribution in [3.8, 4) is 34.6 Å². The number of aromatic nitrogens is 6. The molecule has 0 atom stereocenters. The molecule has 5 rings (SSSR count). The number of pyridine rings is 2. The molecule has 0 fully saturated rings. The second-order valence-corrected chi connectivity index (χ2v) is 10.5. The maximum atomic E-state index is 13.0. The van der Waals surface area contributed by atoms with Gasteiger partial charge in [0, 0.05) is 18.5 Å². The van der Waals surface area contributed by atoms with E-state index in [2.05, 4.69) is 15.0 Å². The molecule has 5 aromatic rings. The minimum atomic E-state index is -3.57. The molecule has 0 N–H and O–H groups in total. The van der Waals surface area contributed by atoms with Gasteiger partial charge in [0.15, 0.2) is 27.0 Å². The van der Waals surface area contributed by atoms with E-state index in [1.54, 1.807) is 67.4 Å². The average molecular weight is 547 g/mol. The minimum absolute atomic E-state index is 0.167. The Labute approximate surface area is 225 Å². The standard InChI is InChI=1S/C27H26N6O5S/c1-4-38-23-12-5-9-20(31-23)26-32-25-27(33(26)24-21(36-2)10-6-11-22(24)37-3)30-19(15-29-25)17-39(34,35)16-18-8-7-13-28-14-18/h5-15H,4,16-17H2,1-3H3. The summed E-state index contributed by atoms with van der Waals surface area (Å²) in [6.45, 7) is 2.33. The van der Waals surface area contributed by atoms with Crippen LogP contribution in [0.25, 0.3) is 28.5 Å². The number of sulfone groups is 1. The molecule has 200 valence electrons. The molecule has 0 radical (unpaired) electrons. The molecule has 1 aromatic carbocycles. The van der Waals surface area contributed by atoms with Crippen LogP contribution in [0.2, 0.25) is 0 Å². The van der Waals surface area contributed by atoms with Crippen LogP contribution < -0.4 is 14.2 Å². The Morgan fingerprint density at radius 2 is 1.64 bits per heavy atom. The average Bonchev–Trinajstić information content (AvgIpc) is 3.31. The van der Waals surface area contributed by atoms with Gasteiger partial charge in [-0.3, -0.25) is 9.55 Å². The quantitative estimate of drug-likeness (QED) is 0.255. The van der Waals surface area contributed by atoms with Gasteiger partial charge < -0.3 is 14.2 Å². The molecule has 0 bridgehead atoms. The van der Waals surface area contributed by atoms with Crippen molar-refractivity contribution in [1.82, 2.24) is 29.5 Å². The first-order valence-corrected chi connectivity index (χ1v) is 13.9. The molecule has 0 saturated carbocycles. The van der Waals surface area contributed by atoms with E-state index in [9.17, 15) is 8.42 Å². The molecule has 11 nitrogen and oxygen atoms in total. The van der Waals surface area contributed by atoms with Gasteiger partial charge in [0.1, 0.15) is 22.9 Å². The first kappa shape index (κ1) is 26.0. The second-order valence-electron chi connectivity index (χ2n) is 8.48. The SMILES string of the molecule is CCOc1cccc(-c2nc3ncc(CS(=O)(=O)Cc4cccnc4)nc3n2-c2c(OC)cccc2OC)n1. The summed E-state index contributed by atoms with van der Waals surface area (Å²) in [6, 6.07) is 14.2. The lowest BCUT2D eigenvalue weighted by Crippen LogP contribution is -2.10. The molecule has 0 amide bonds. The zero-order valence-corrected chi connectivity index (χ0v) is 22.4. The van der Waals surface area contributed by atoms with Crippen LogP contribution in [-0.4, -0.2) is 58.7 Å². The number of hydrogen-bond acceptors (Lipinski definition) is 10. The monoisotopic (exact) mass is 546 g/mol. The smallest absolute Gasteiger partial charge is 0.213 e. The van der Waals surface area contributed by atoms with Crippen molar-refractivity contribution in [2.45, 2.75) is 18.4 Å². The highest BCUT2D eigenvalue weighted by Gasteiger charge is 2.25. The molecule has 12 heteroatoms. The zero-order chi connectivity index (χ0) is 27.4. The summed E-state index contributed by atoms with van der Waals surface area (Å²) in [4.78, 5) is 22.5. The maximum absolute atomic E-state index is 13.0. The van der Waals surface area contributed by atoms with Crippen molar-refractivity contribution in [2.75, 3.05) is 20.8 Å². The number of fused-ring (bicyclic) bond motifs is 1. The Kier molecular flexibility index (Phi) is 7.37. The fourth-order valence-corrected chi connectivity index (χ4v) is 5.54. The number of para-hydroxylation sites is 1. The normalized spacial score (nSPS) is 11.5. The van der Waals surface area contributed by atoms with Gasteiger partial charge in [-0.2, -0.15) is 0 Å². The van der Waals surface area contributed by atoms with Crippen LogP contribution in [0.3, 0.4) is 0 Å². The molecule has 4 heterocycles. The van der Waals surface area contributed by atoms with Crippen molar-refractivity contribution in [3.05, 3.63) is 78.4 Å². The molecule has 0 aliphatic rings. The molecular weight excluding hydrogens is 520 g/mol. The summed E-state index contributed by atoms with van der Waals surface area (Å²) in [5, 5.41) is 0. The number of imidazole rings is 1. The van der Waals surface area contributed by atoms with Crippen LogP contribution in [0.4, 0.5) is 0 Å². The Hall–Kier alpha value is -4.58. The fourth-order valence-electron chi connectivity index (χ4n) is 4.17. The van der Waals surface area contributed by atoms with Crippen LogP contribution in [0, 0.1) is 0 Å². The van der Waals surface area contributed by atoms with Gasteiger partial charge in [0.05, 0.1) is 44.2 Å². The van der Waals surface area contributed by atoms with Crippen molar-refractivity contribution in [2.24, 2.45) is 0 Å². The van der Waals surface area contributed by atoms with Crippen molar-refractivity contribution in [1.29, 1.82) is 0 Å². The van der Waals surface area contributed by atoms with Gasteiger partial charge in [0.2, 0.25) is 5.88 Å². The molecule has 0 unspecified atom stereocenters. The number of ether oxygens (including phenoxy) is 3. The van der Waals surface area contributed by atoms with E-state index in [0.29, 0.717) is 58.0 Å². The topological polar surface area (TPSA) is 131 Å². The summed E-state index contributed by atoms with van der Waals surface area (Å²) in [7, 11) is -0.470. The fraction of sp³-hybridized carbons (Fsp3) is 0.222. The Morgan fingerprint density at radius 3 is 2.33 bits per heavy atom. The van der Waals surface area contributed by atoms with Crippen molar-refractivity contribution in [3.63, 3.8) is 0 Å². The molecular formula is C27H26N6O5S. The third-order valence-electron chi connectivity index (χ3n) is 5.77. The third-order valence-corrected chi connectivity index (χ3v) is 7.28. The van der Waals surface area contributed by atoms with Crippen LogP contribution in [-0.2, 0) is 21.3 Å². The highest BCUT2D eigenvalue weighted by molar-refractivity contribution is 7.89. The van der Waals surface area contributed by atoms with Crippen LogP contribution in [0.15, 0.2) is 67.1 Å². The van der Waals surface area contributed by atoms with Gasteiger partial charge in [-0.15, -0.1) is 0 Å². The second kappa shape index (κ2) is 11.0. The van der Waals surface area contributed by atoms with Gasteiger partial charge in [-0.1, -0.05) is 18.2 Å². The highest BCUT2D eigenvalue weighted by atomic mass is 32.2. The molecule has 0 saturated heterocycles. The number of hydrogen-bond donors (Lipinski definition) is 0. The van der Waals surface area contributed by atoms with Crippen molar-refractivity contribution >= 4 is 21.1 Å². The Balaban J connectivity index is 1.69. The van der Waals surface area contributed by atoms with Gasteiger partial charge in [0.25, 0.3) is 0 Å². The predicted molar refractivity (Wildman–Crippen MR) is 145 cm³/mol. The molecule has 0 aliphatic carbocycles. The lowest BCUT2D eigenvalue weighted by molar-refractivity contribution is 0.327. The van der Waals surface area contributed by atoms with E-state index in [1.165, 1.54) is 12.4 Å². The predicted octanol–water partition coefficient (Wildman–Crippen LogP) is 3.80. The summed E-state index contributed by atoms with van der Waals surface area (Å²) in [5.41, 5.74) is 2.51. The summed E-state index contributed by atoms with van der Waals surface area (Å²) < 4.78 is 44.7. The van der Waals surface area contributed by atoms with Gasteiger partial charge >= 0.3 is 0 Å². The van der Waals surface area contributed by atoms with Gasteiger partial charge in [-0.05, 0) is 36.8 Å². The zero-order valence-electron chi connectivity index (χ0n) is 21.6. The third kappa shape index (κ3) is 5.50. The number of nitrogens with zero attached hydrogens (tertiary/aromatic N) is 6. The van der Waals surface area contributed by atoms with Crippen LogP contribution in [0.5, 0.6) is 17.4 Å². The molecule has 39 heavy (non-hydrogen) atoms. The highest BCUT2D eigenvalue weighted by Crippen LogP contribution is 2.37. The maximum Gasteiger partial charge on any atom is 0.213 e. The lowest BCUT2D eigenvalue weighted by Gasteiger charge is -2.16. The van der Waals surface area contributed by atoms with E-state index in [-0.39, 0.29) is 17.2 Å². The Bertz CT molecular complexity index is 1700. The molecule has 4 aromatic heterocycles.